The third-order valence-electron chi connectivity index (χ3n) is 7.85. The Morgan fingerprint density at radius 2 is 1.84 bits per heavy atom. The number of carbonyl (C=O) groups excluding carboxylic acids is 1. The molecule has 2 heterocycles. The molecule has 2 aliphatic rings. The molecule has 0 unspecified atom stereocenters. The summed E-state index contributed by atoms with van der Waals surface area (Å²) in [5.41, 5.74) is 1.93. The van der Waals surface area contributed by atoms with Crippen LogP contribution < -0.4 is 10.2 Å². The molecule has 1 saturated heterocycles. The zero-order chi connectivity index (χ0) is 26.4. The molecule has 0 atom stereocenters. The van der Waals surface area contributed by atoms with Crippen LogP contribution in [0.5, 0.6) is 0 Å². The molecule has 1 aromatic heterocycles. The van der Waals surface area contributed by atoms with Crippen molar-refractivity contribution in [1.82, 2.24) is 14.8 Å². The van der Waals surface area contributed by atoms with Crippen molar-refractivity contribution < 1.29 is 18.0 Å². The molecule has 0 spiro atoms. The predicted octanol–water partition coefficient (Wildman–Crippen LogP) is 5.63. The molecule has 3 aromatic rings. The van der Waals surface area contributed by atoms with E-state index in [0.29, 0.717) is 17.0 Å². The molecule has 1 aliphatic heterocycles. The molecule has 5 nitrogen and oxygen atoms in total. The first-order valence-corrected chi connectivity index (χ1v) is 13.6. The molecular weight excluding hydrogens is 499 g/mol. The van der Waals surface area contributed by atoms with Crippen molar-refractivity contribution in [3.63, 3.8) is 0 Å². The van der Waals surface area contributed by atoms with Gasteiger partial charge in [0.1, 0.15) is 0 Å². The van der Waals surface area contributed by atoms with Gasteiger partial charge in [0.05, 0.1) is 21.2 Å². The van der Waals surface area contributed by atoms with Gasteiger partial charge in [-0.3, -0.25) is 14.5 Å². The van der Waals surface area contributed by atoms with Gasteiger partial charge in [0.15, 0.2) is 0 Å². The number of rotatable bonds is 7. The van der Waals surface area contributed by atoms with Crippen molar-refractivity contribution in [2.24, 2.45) is 18.4 Å². The van der Waals surface area contributed by atoms with Crippen LogP contribution in [-0.4, -0.2) is 28.5 Å². The van der Waals surface area contributed by atoms with E-state index in [4.69, 9.17) is 0 Å². The first kappa shape index (κ1) is 26.0. The number of aryl methyl sites for hydroxylation is 2. The van der Waals surface area contributed by atoms with Gasteiger partial charge in [-0.05, 0) is 80.6 Å². The molecule has 37 heavy (non-hydrogen) atoms. The number of halogens is 3. The van der Waals surface area contributed by atoms with Crippen LogP contribution in [0.2, 0.25) is 0 Å². The lowest BCUT2D eigenvalue weighted by molar-refractivity contribution is -0.137. The molecule has 1 N–H and O–H groups in total. The van der Waals surface area contributed by atoms with E-state index in [2.05, 4.69) is 22.3 Å². The highest BCUT2D eigenvalue weighted by molar-refractivity contribution is 7.16. The number of fused-ring (bicyclic) bond motifs is 1. The Bertz CT molecular complexity index is 1370. The molecular formula is C28H32F3N3O2S. The maximum atomic E-state index is 13.5. The summed E-state index contributed by atoms with van der Waals surface area (Å²) in [6.07, 6.45) is 0.193. The highest BCUT2D eigenvalue weighted by atomic mass is 32.1. The summed E-state index contributed by atoms with van der Waals surface area (Å²) in [7, 11) is 1.78. The number of carbonyl (C=O) groups is 1. The number of alkyl halides is 3. The Hall–Kier alpha value is -2.65. The van der Waals surface area contributed by atoms with Gasteiger partial charge >= 0.3 is 11.0 Å². The monoisotopic (exact) mass is 531 g/mol. The van der Waals surface area contributed by atoms with Crippen LogP contribution in [0.1, 0.15) is 54.4 Å². The van der Waals surface area contributed by atoms with Gasteiger partial charge in [-0.25, -0.2) is 0 Å². The van der Waals surface area contributed by atoms with Crippen molar-refractivity contribution in [1.29, 1.82) is 0 Å². The maximum absolute atomic E-state index is 13.5. The summed E-state index contributed by atoms with van der Waals surface area (Å²) >= 11 is 1.25. The van der Waals surface area contributed by atoms with Crippen LogP contribution in [0.3, 0.4) is 0 Å². The third kappa shape index (κ3) is 5.77. The lowest BCUT2D eigenvalue weighted by atomic mass is 9.73. The minimum absolute atomic E-state index is 0.0290. The van der Waals surface area contributed by atoms with Crippen molar-refractivity contribution in [2.45, 2.75) is 58.3 Å². The van der Waals surface area contributed by atoms with E-state index in [-0.39, 0.29) is 17.3 Å². The fraction of sp³-hybridized carbons (Fsp3) is 0.500. The van der Waals surface area contributed by atoms with Crippen molar-refractivity contribution in [3.8, 4) is 0 Å². The molecule has 1 aliphatic carbocycles. The second-order valence-electron chi connectivity index (χ2n) is 10.8. The maximum Gasteiger partial charge on any atom is 0.416 e. The summed E-state index contributed by atoms with van der Waals surface area (Å²) in [4.78, 5) is 27.8. The number of aromatic nitrogens is 1. The summed E-state index contributed by atoms with van der Waals surface area (Å²) in [5.74, 6) is 0.529. The molecule has 9 heteroatoms. The average molecular weight is 532 g/mol. The number of amides is 1. The number of benzene rings is 2. The first-order chi connectivity index (χ1) is 17.5. The van der Waals surface area contributed by atoms with E-state index in [0.717, 1.165) is 79.7 Å². The molecule has 0 radical (unpaired) electrons. The lowest BCUT2D eigenvalue weighted by Crippen LogP contribution is -2.48. The normalized spacial score (nSPS) is 18.3. The zero-order valence-electron chi connectivity index (χ0n) is 21.2. The Morgan fingerprint density at radius 3 is 2.51 bits per heavy atom. The van der Waals surface area contributed by atoms with E-state index in [9.17, 15) is 22.8 Å². The summed E-state index contributed by atoms with van der Waals surface area (Å²) in [5, 5.41) is 2.99. The van der Waals surface area contributed by atoms with Crippen molar-refractivity contribution in [3.05, 3.63) is 68.3 Å². The standard InChI is InChI=1S/C28H32F3N3O2S/c1-18-11-21(13-22(12-18)28(29,30)31)16-32-25(35)27(15-19-3-4-19)7-9-34(10-8-27)17-20-5-6-23-24(14-20)37-26(36)33(23)2/h5-6,11-14,19H,3-4,7-10,15-17H2,1-2H3,(H,32,35). The molecule has 2 aromatic carbocycles. The Kier molecular flexibility index (Phi) is 6.96. The largest absolute Gasteiger partial charge is 0.416 e. The van der Waals surface area contributed by atoms with Crippen LogP contribution in [-0.2, 0) is 31.1 Å². The van der Waals surface area contributed by atoms with Gasteiger partial charge < -0.3 is 9.88 Å². The van der Waals surface area contributed by atoms with Gasteiger partial charge in [0, 0.05) is 20.1 Å². The third-order valence-corrected chi connectivity index (χ3v) is 8.85. The minimum Gasteiger partial charge on any atom is -0.352 e. The SMILES string of the molecule is Cc1cc(CNC(=O)C2(CC3CC3)CCN(Cc3ccc4c(c3)sc(=O)n4C)CC2)cc(C(F)(F)F)c1. The molecule has 0 bridgehead atoms. The molecule has 1 amide bonds. The topological polar surface area (TPSA) is 54.3 Å². The predicted molar refractivity (Wildman–Crippen MR) is 139 cm³/mol. The van der Waals surface area contributed by atoms with E-state index in [1.165, 1.54) is 11.3 Å². The van der Waals surface area contributed by atoms with E-state index < -0.39 is 17.2 Å². The smallest absolute Gasteiger partial charge is 0.352 e. The van der Waals surface area contributed by atoms with Gasteiger partial charge in [-0.1, -0.05) is 41.9 Å². The fourth-order valence-electron chi connectivity index (χ4n) is 5.57. The minimum atomic E-state index is -4.41. The van der Waals surface area contributed by atoms with Gasteiger partial charge in [-0.2, -0.15) is 13.2 Å². The number of hydrogen-bond acceptors (Lipinski definition) is 4. The number of likely N-dealkylation sites (tertiary alicyclic amines) is 1. The number of piperidine rings is 1. The fourth-order valence-corrected chi connectivity index (χ4v) is 6.51. The quantitative estimate of drug-likeness (QED) is 0.430. The summed E-state index contributed by atoms with van der Waals surface area (Å²) in [6, 6.07) is 10.1. The molecule has 5 rings (SSSR count). The van der Waals surface area contributed by atoms with Gasteiger partial charge in [-0.15, -0.1) is 0 Å². The van der Waals surface area contributed by atoms with E-state index in [1.807, 2.05) is 6.07 Å². The van der Waals surface area contributed by atoms with Crippen LogP contribution in [0.4, 0.5) is 13.2 Å². The van der Waals surface area contributed by atoms with E-state index in [1.54, 1.807) is 24.6 Å². The van der Waals surface area contributed by atoms with E-state index >= 15 is 0 Å². The second kappa shape index (κ2) is 9.91. The zero-order valence-corrected chi connectivity index (χ0v) is 22.0. The molecule has 198 valence electrons. The number of hydrogen-bond donors (Lipinski definition) is 1. The number of nitrogens with zero attached hydrogens (tertiary/aromatic N) is 2. The Balaban J connectivity index is 1.24. The van der Waals surface area contributed by atoms with Crippen molar-refractivity contribution in [2.75, 3.05) is 13.1 Å². The van der Waals surface area contributed by atoms with Gasteiger partial charge in [0.2, 0.25) is 5.91 Å². The highest BCUT2D eigenvalue weighted by Crippen LogP contribution is 2.46. The lowest BCUT2D eigenvalue weighted by Gasteiger charge is -2.41. The number of nitrogens with one attached hydrogen (secondary N) is 1. The first-order valence-electron chi connectivity index (χ1n) is 12.8. The average Bonchev–Trinajstić information content (AvgIpc) is 3.61. The van der Waals surface area contributed by atoms with Crippen LogP contribution >= 0.6 is 11.3 Å². The van der Waals surface area contributed by atoms with Crippen molar-refractivity contribution >= 4 is 27.5 Å². The van der Waals surface area contributed by atoms with Crippen LogP contribution in [0, 0.1) is 18.3 Å². The Morgan fingerprint density at radius 1 is 1.11 bits per heavy atom. The van der Waals surface area contributed by atoms with Crippen LogP contribution in [0.15, 0.2) is 41.2 Å². The summed E-state index contributed by atoms with van der Waals surface area (Å²) < 4.78 is 42.3. The summed E-state index contributed by atoms with van der Waals surface area (Å²) in [6.45, 7) is 4.06. The van der Waals surface area contributed by atoms with Crippen LogP contribution in [0.25, 0.3) is 10.2 Å². The molecule has 2 fully saturated rings. The Labute approximate surface area is 218 Å². The highest BCUT2D eigenvalue weighted by Gasteiger charge is 2.44. The number of thiazole rings is 1. The van der Waals surface area contributed by atoms with Gasteiger partial charge in [0.25, 0.3) is 0 Å². The second-order valence-corrected chi connectivity index (χ2v) is 11.8. The molecule has 1 saturated carbocycles.